The van der Waals surface area contributed by atoms with Crippen LogP contribution in [0.25, 0.3) is 10.8 Å². The van der Waals surface area contributed by atoms with Crippen LogP contribution in [0.5, 0.6) is 0 Å². The quantitative estimate of drug-likeness (QED) is 0.678. The molecule has 0 saturated heterocycles. The van der Waals surface area contributed by atoms with Crippen LogP contribution in [-0.4, -0.2) is 23.0 Å². The Morgan fingerprint density at radius 3 is 2.59 bits per heavy atom. The molecule has 1 aromatic heterocycles. The van der Waals surface area contributed by atoms with Crippen LogP contribution in [0.2, 0.25) is 0 Å². The smallest absolute Gasteiger partial charge is 0.355 e. The van der Waals surface area contributed by atoms with E-state index in [0.29, 0.717) is 16.3 Å². The van der Waals surface area contributed by atoms with Gasteiger partial charge in [-0.05, 0) is 42.1 Å². The first-order valence-corrected chi connectivity index (χ1v) is 8.29. The summed E-state index contributed by atoms with van der Waals surface area (Å²) in [7, 11) is 0. The van der Waals surface area contributed by atoms with E-state index in [4.69, 9.17) is 4.74 Å². The average molecular weight is 368 g/mol. The van der Waals surface area contributed by atoms with Gasteiger partial charge in [0, 0.05) is 11.9 Å². The summed E-state index contributed by atoms with van der Waals surface area (Å²) in [5.41, 5.74) is 0.271. The molecule has 3 rings (SSSR count). The van der Waals surface area contributed by atoms with Crippen molar-refractivity contribution in [3.8, 4) is 0 Å². The number of ether oxygens (including phenoxy) is 1. The third-order valence-corrected chi connectivity index (χ3v) is 4.01. The molecule has 1 heterocycles. The van der Waals surface area contributed by atoms with Crippen molar-refractivity contribution < 1.29 is 18.7 Å². The van der Waals surface area contributed by atoms with E-state index in [1.165, 1.54) is 25.1 Å². The summed E-state index contributed by atoms with van der Waals surface area (Å²) >= 11 is 0. The minimum atomic E-state index is -1.06. The highest BCUT2D eigenvalue weighted by atomic mass is 19.1. The Balaban J connectivity index is 1.63. The molecule has 3 aromatic rings. The van der Waals surface area contributed by atoms with Gasteiger partial charge in [0.15, 0.2) is 6.10 Å². The molecule has 2 N–H and O–H groups in total. The van der Waals surface area contributed by atoms with Gasteiger partial charge < -0.3 is 15.0 Å². The van der Waals surface area contributed by atoms with Gasteiger partial charge in [-0.3, -0.25) is 9.59 Å². The molecule has 0 aliphatic heterocycles. The zero-order chi connectivity index (χ0) is 19.4. The van der Waals surface area contributed by atoms with E-state index in [1.54, 1.807) is 36.4 Å². The lowest BCUT2D eigenvalue weighted by molar-refractivity contribution is -0.129. The van der Waals surface area contributed by atoms with E-state index in [-0.39, 0.29) is 18.1 Å². The molecule has 0 spiro atoms. The molecule has 0 aliphatic rings. The fourth-order valence-electron chi connectivity index (χ4n) is 2.53. The van der Waals surface area contributed by atoms with Crippen LogP contribution in [0, 0.1) is 5.82 Å². The highest BCUT2D eigenvalue weighted by Gasteiger charge is 2.20. The van der Waals surface area contributed by atoms with Crippen LogP contribution in [0.15, 0.2) is 59.4 Å². The summed E-state index contributed by atoms with van der Waals surface area (Å²) in [4.78, 5) is 38.8. The second-order valence-corrected chi connectivity index (χ2v) is 5.99. The van der Waals surface area contributed by atoms with Crippen LogP contribution in [0.1, 0.15) is 23.0 Å². The van der Waals surface area contributed by atoms with Crippen molar-refractivity contribution in [2.24, 2.45) is 0 Å². The van der Waals surface area contributed by atoms with Crippen molar-refractivity contribution in [2.45, 2.75) is 19.6 Å². The molecule has 0 bridgehead atoms. The number of esters is 1. The minimum absolute atomic E-state index is 0.0307. The van der Waals surface area contributed by atoms with E-state index < -0.39 is 23.5 Å². The molecule has 27 heavy (non-hydrogen) atoms. The lowest BCUT2D eigenvalue weighted by Gasteiger charge is -2.13. The number of amides is 1. The molecule has 0 saturated carbocycles. The maximum absolute atomic E-state index is 12.9. The number of H-pyrrole nitrogens is 1. The first kappa shape index (κ1) is 18.3. The molecular weight excluding hydrogens is 351 g/mol. The number of benzene rings is 2. The van der Waals surface area contributed by atoms with Gasteiger partial charge in [0.2, 0.25) is 0 Å². The minimum Gasteiger partial charge on any atom is -0.448 e. The predicted molar refractivity (Wildman–Crippen MR) is 97.7 cm³/mol. The first-order valence-electron chi connectivity index (χ1n) is 8.29. The van der Waals surface area contributed by atoms with Crippen LogP contribution >= 0.6 is 0 Å². The van der Waals surface area contributed by atoms with E-state index in [9.17, 15) is 18.8 Å². The van der Waals surface area contributed by atoms with Gasteiger partial charge in [0.1, 0.15) is 11.5 Å². The predicted octanol–water partition coefficient (Wildman–Crippen LogP) is 2.53. The lowest BCUT2D eigenvalue weighted by atomic mass is 10.1. The van der Waals surface area contributed by atoms with Crippen LogP contribution in [-0.2, 0) is 16.1 Å². The Bertz CT molecular complexity index is 1040. The SMILES string of the molecule is C[C@H](OC(=O)c1cc2ccccc2c(=O)[nH]1)C(=O)NCc1ccc(F)cc1. The molecule has 138 valence electrons. The zero-order valence-corrected chi connectivity index (χ0v) is 14.5. The Labute approximate surface area is 154 Å². The fourth-order valence-corrected chi connectivity index (χ4v) is 2.53. The average Bonchev–Trinajstić information content (AvgIpc) is 2.67. The Hall–Kier alpha value is -3.48. The number of rotatable bonds is 5. The third-order valence-electron chi connectivity index (χ3n) is 4.01. The number of nitrogens with one attached hydrogen (secondary N) is 2. The normalized spacial score (nSPS) is 11.8. The van der Waals surface area contributed by atoms with Gasteiger partial charge >= 0.3 is 5.97 Å². The molecule has 2 aromatic carbocycles. The van der Waals surface area contributed by atoms with Crippen molar-refractivity contribution >= 4 is 22.6 Å². The number of fused-ring (bicyclic) bond motifs is 1. The van der Waals surface area contributed by atoms with Gasteiger partial charge in [-0.2, -0.15) is 0 Å². The summed E-state index contributed by atoms with van der Waals surface area (Å²) in [6, 6.07) is 14.0. The number of carbonyl (C=O) groups is 2. The molecule has 0 radical (unpaired) electrons. The summed E-state index contributed by atoms with van der Waals surface area (Å²) < 4.78 is 18.0. The van der Waals surface area contributed by atoms with E-state index >= 15 is 0 Å². The molecular formula is C20H17FN2O4. The molecule has 0 fully saturated rings. The number of hydrogen-bond acceptors (Lipinski definition) is 4. The van der Waals surface area contributed by atoms with Gasteiger partial charge in [-0.25, -0.2) is 9.18 Å². The number of aromatic amines is 1. The summed E-state index contributed by atoms with van der Waals surface area (Å²) in [5.74, 6) is -1.67. The van der Waals surface area contributed by atoms with E-state index in [2.05, 4.69) is 10.3 Å². The van der Waals surface area contributed by atoms with Crippen molar-refractivity contribution in [3.63, 3.8) is 0 Å². The van der Waals surface area contributed by atoms with Crippen LogP contribution in [0.3, 0.4) is 0 Å². The van der Waals surface area contributed by atoms with Gasteiger partial charge in [-0.1, -0.05) is 30.3 Å². The largest absolute Gasteiger partial charge is 0.448 e. The standard InChI is InChI=1S/C20H17FN2O4/c1-12(18(24)22-11-13-6-8-15(21)9-7-13)27-20(26)17-10-14-4-2-3-5-16(14)19(25)23-17/h2-10,12H,11H2,1H3,(H,22,24)(H,23,25)/t12-/m0/s1. The number of pyridine rings is 1. The Morgan fingerprint density at radius 2 is 1.85 bits per heavy atom. The number of aromatic nitrogens is 1. The molecule has 7 heteroatoms. The maximum atomic E-state index is 12.9. The molecule has 0 unspecified atom stereocenters. The van der Waals surface area contributed by atoms with Crippen molar-refractivity contribution in [3.05, 3.63) is 82.0 Å². The van der Waals surface area contributed by atoms with Gasteiger partial charge in [0.05, 0.1) is 0 Å². The number of carbonyl (C=O) groups excluding carboxylic acids is 2. The van der Waals surface area contributed by atoms with E-state index in [1.807, 2.05) is 0 Å². The van der Waals surface area contributed by atoms with Crippen LogP contribution < -0.4 is 10.9 Å². The molecule has 1 atom stereocenters. The molecule has 0 aliphatic carbocycles. The summed E-state index contributed by atoms with van der Waals surface area (Å²) in [6.45, 7) is 1.60. The number of hydrogen-bond donors (Lipinski definition) is 2. The topological polar surface area (TPSA) is 88.3 Å². The fraction of sp³-hybridized carbons (Fsp3) is 0.150. The maximum Gasteiger partial charge on any atom is 0.355 e. The van der Waals surface area contributed by atoms with E-state index in [0.717, 1.165) is 0 Å². The third kappa shape index (κ3) is 4.38. The van der Waals surface area contributed by atoms with Crippen molar-refractivity contribution in [1.82, 2.24) is 10.3 Å². The highest BCUT2D eigenvalue weighted by molar-refractivity contribution is 5.94. The molecule has 1 amide bonds. The number of halogens is 1. The second kappa shape index (κ2) is 7.82. The van der Waals surface area contributed by atoms with Crippen LogP contribution in [0.4, 0.5) is 4.39 Å². The molecule has 6 nitrogen and oxygen atoms in total. The first-order chi connectivity index (χ1) is 12.9. The monoisotopic (exact) mass is 368 g/mol. The van der Waals surface area contributed by atoms with Crippen molar-refractivity contribution in [2.75, 3.05) is 0 Å². The second-order valence-electron chi connectivity index (χ2n) is 5.99. The van der Waals surface area contributed by atoms with Gasteiger partial charge in [0.25, 0.3) is 11.5 Å². The van der Waals surface area contributed by atoms with Gasteiger partial charge in [-0.15, -0.1) is 0 Å². The highest BCUT2D eigenvalue weighted by Crippen LogP contribution is 2.11. The summed E-state index contributed by atoms with van der Waals surface area (Å²) in [5, 5.41) is 3.66. The van der Waals surface area contributed by atoms with Crippen molar-refractivity contribution in [1.29, 1.82) is 0 Å². The summed E-state index contributed by atoms with van der Waals surface area (Å²) in [6.07, 6.45) is -1.06. The zero-order valence-electron chi connectivity index (χ0n) is 14.5. The Morgan fingerprint density at radius 1 is 1.15 bits per heavy atom. The Kier molecular flexibility index (Phi) is 5.30. The lowest BCUT2D eigenvalue weighted by Crippen LogP contribution is -2.35.